The second-order valence-electron chi connectivity index (χ2n) is 3.25. The van der Waals surface area contributed by atoms with Crippen molar-refractivity contribution in [3.8, 4) is 0 Å². The van der Waals surface area contributed by atoms with Gasteiger partial charge in [-0.05, 0) is 24.3 Å². The summed E-state index contributed by atoms with van der Waals surface area (Å²) in [4.78, 5) is 31.6. The van der Waals surface area contributed by atoms with Crippen molar-refractivity contribution >= 4 is 17.6 Å². The van der Waals surface area contributed by atoms with Gasteiger partial charge in [-0.15, -0.1) is 0 Å². The number of ether oxygens (including phenoxy) is 1. The molecule has 0 aliphatic rings. The summed E-state index contributed by atoms with van der Waals surface area (Å²) in [7, 11) is 1.04. The molecule has 2 N–H and O–H groups in total. The van der Waals surface area contributed by atoms with Crippen molar-refractivity contribution < 1.29 is 24.4 Å². The van der Waals surface area contributed by atoms with Crippen LogP contribution in [0, 0.1) is 10.1 Å². The second kappa shape index (κ2) is 5.73. The van der Waals surface area contributed by atoms with Crippen LogP contribution in [0.1, 0.15) is 10.4 Å². The SMILES string of the molecule is COC(C(=O)Nc1ccc(C(=O)O)cc1)[N+](=O)[O-]. The van der Waals surface area contributed by atoms with Crippen LogP contribution in [0.15, 0.2) is 24.3 Å². The van der Waals surface area contributed by atoms with Crippen molar-refractivity contribution in [3.05, 3.63) is 39.9 Å². The van der Waals surface area contributed by atoms with Crippen LogP contribution in [0.25, 0.3) is 0 Å². The lowest BCUT2D eigenvalue weighted by atomic mass is 10.2. The highest BCUT2D eigenvalue weighted by Crippen LogP contribution is 2.10. The molecule has 0 heterocycles. The lowest BCUT2D eigenvalue weighted by Crippen LogP contribution is -2.36. The van der Waals surface area contributed by atoms with Crippen LogP contribution >= 0.6 is 0 Å². The van der Waals surface area contributed by atoms with Crippen LogP contribution in [0.2, 0.25) is 0 Å². The number of benzene rings is 1. The number of anilines is 1. The van der Waals surface area contributed by atoms with E-state index >= 15 is 0 Å². The Morgan fingerprint density at radius 1 is 1.39 bits per heavy atom. The number of rotatable bonds is 5. The van der Waals surface area contributed by atoms with Gasteiger partial charge in [0.05, 0.1) is 10.5 Å². The quantitative estimate of drug-likeness (QED) is 0.450. The van der Waals surface area contributed by atoms with E-state index in [2.05, 4.69) is 10.1 Å². The van der Waals surface area contributed by atoms with E-state index in [1.54, 1.807) is 0 Å². The number of nitro groups is 1. The molecule has 0 bridgehead atoms. The maximum Gasteiger partial charge on any atom is 0.394 e. The van der Waals surface area contributed by atoms with E-state index in [1.807, 2.05) is 0 Å². The monoisotopic (exact) mass is 254 g/mol. The molecule has 1 aromatic carbocycles. The Morgan fingerprint density at radius 3 is 2.33 bits per heavy atom. The molecular weight excluding hydrogens is 244 g/mol. The first-order chi connectivity index (χ1) is 8.45. The van der Waals surface area contributed by atoms with Gasteiger partial charge in [0.25, 0.3) is 0 Å². The molecule has 0 radical (unpaired) electrons. The van der Waals surface area contributed by atoms with Gasteiger partial charge in [-0.2, -0.15) is 0 Å². The summed E-state index contributed by atoms with van der Waals surface area (Å²) < 4.78 is 4.40. The summed E-state index contributed by atoms with van der Waals surface area (Å²) in [5.74, 6) is -2.04. The number of nitrogens with zero attached hydrogens (tertiary/aromatic N) is 1. The number of carboxylic acids is 1. The molecule has 96 valence electrons. The molecule has 1 amide bonds. The summed E-state index contributed by atoms with van der Waals surface area (Å²) in [5, 5.41) is 21.3. The van der Waals surface area contributed by atoms with Crippen LogP contribution in [-0.4, -0.2) is 35.2 Å². The van der Waals surface area contributed by atoms with E-state index in [0.29, 0.717) is 0 Å². The third kappa shape index (κ3) is 3.25. The lowest BCUT2D eigenvalue weighted by molar-refractivity contribution is -0.554. The Hall–Kier alpha value is -2.48. The van der Waals surface area contributed by atoms with E-state index < -0.39 is 23.0 Å². The molecule has 1 rings (SSSR count). The van der Waals surface area contributed by atoms with E-state index in [1.165, 1.54) is 24.3 Å². The molecule has 0 aliphatic heterocycles. The molecule has 1 aromatic rings. The highest BCUT2D eigenvalue weighted by atomic mass is 16.7. The smallest absolute Gasteiger partial charge is 0.394 e. The Kier molecular flexibility index (Phi) is 4.33. The standard InChI is InChI=1S/C10H10N2O6/c1-18-9(12(16)17)8(13)11-7-4-2-6(3-5-7)10(14)15/h2-5,9H,1H3,(H,11,13)(H,14,15). The molecule has 0 saturated heterocycles. The average molecular weight is 254 g/mol. The average Bonchev–Trinajstić information content (AvgIpc) is 2.29. The fourth-order valence-corrected chi connectivity index (χ4v) is 1.19. The van der Waals surface area contributed by atoms with Gasteiger partial charge < -0.3 is 15.2 Å². The number of carboxylic acid groups (broad SMARTS) is 1. The number of hydrogen-bond donors (Lipinski definition) is 2. The largest absolute Gasteiger partial charge is 0.478 e. The molecule has 18 heavy (non-hydrogen) atoms. The van der Waals surface area contributed by atoms with Gasteiger partial charge in [-0.25, -0.2) is 4.79 Å². The summed E-state index contributed by atoms with van der Waals surface area (Å²) in [6.07, 6.45) is -1.80. The predicted molar refractivity (Wildman–Crippen MR) is 59.8 cm³/mol. The van der Waals surface area contributed by atoms with E-state index in [0.717, 1.165) is 7.11 Å². The van der Waals surface area contributed by atoms with Crippen molar-refractivity contribution in [2.45, 2.75) is 6.23 Å². The van der Waals surface area contributed by atoms with E-state index in [4.69, 9.17) is 5.11 Å². The number of hydrogen-bond acceptors (Lipinski definition) is 5. The first kappa shape index (κ1) is 13.6. The summed E-state index contributed by atoms with van der Waals surface area (Å²) >= 11 is 0. The number of methoxy groups -OCH3 is 1. The van der Waals surface area contributed by atoms with Gasteiger partial charge in [0, 0.05) is 12.8 Å². The second-order valence-corrected chi connectivity index (χ2v) is 3.25. The third-order valence-corrected chi connectivity index (χ3v) is 2.04. The molecule has 1 atom stereocenters. The minimum absolute atomic E-state index is 0.0468. The zero-order valence-electron chi connectivity index (χ0n) is 9.32. The van der Waals surface area contributed by atoms with Gasteiger partial charge in [0.2, 0.25) is 0 Å². The van der Waals surface area contributed by atoms with Gasteiger partial charge >= 0.3 is 18.1 Å². The molecule has 0 aliphatic carbocycles. The minimum atomic E-state index is -1.80. The molecule has 0 fully saturated rings. The number of carbonyl (C=O) groups is 2. The minimum Gasteiger partial charge on any atom is -0.478 e. The zero-order valence-corrected chi connectivity index (χ0v) is 9.32. The number of nitrogens with one attached hydrogen (secondary N) is 1. The number of aromatic carboxylic acids is 1. The van der Waals surface area contributed by atoms with Crippen LogP contribution < -0.4 is 5.32 Å². The van der Waals surface area contributed by atoms with Crippen LogP contribution in [0.5, 0.6) is 0 Å². The van der Waals surface area contributed by atoms with E-state index in [-0.39, 0.29) is 11.3 Å². The highest BCUT2D eigenvalue weighted by molar-refractivity contribution is 5.94. The molecular formula is C10H10N2O6. The van der Waals surface area contributed by atoms with Crippen LogP contribution in [0.3, 0.4) is 0 Å². The third-order valence-electron chi connectivity index (χ3n) is 2.04. The van der Waals surface area contributed by atoms with Crippen LogP contribution in [0.4, 0.5) is 5.69 Å². The summed E-state index contributed by atoms with van der Waals surface area (Å²) in [6.45, 7) is 0. The molecule has 8 heteroatoms. The molecule has 1 unspecified atom stereocenters. The first-order valence-corrected chi connectivity index (χ1v) is 4.76. The van der Waals surface area contributed by atoms with Crippen molar-refractivity contribution in [2.24, 2.45) is 0 Å². The molecule has 0 spiro atoms. The molecule has 8 nitrogen and oxygen atoms in total. The fourth-order valence-electron chi connectivity index (χ4n) is 1.19. The van der Waals surface area contributed by atoms with Crippen LogP contribution in [-0.2, 0) is 9.53 Å². The number of carbonyl (C=O) groups excluding carboxylic acids is 1. The zero-order chi connectivity index (χ0) is 13.7. The van der Waals surface area contributed by atoms with Gasteiger partial charge in [-0.3, -0.25) is 14.9 Å². The van der Waals surface area contributed by atoms with Gasteiger partial charge in [-0.1, -0.05) is 0 Å². The van der Waals surface area contributed by atoms with Crippen molar-refractivity contribution in [1.29, 1.82) is 0 Å². The Labute approximate surface area is 101 Å². The Morgan fingerprint density at radius 2 is 1.94 bits per heavy atom. The molecule has 0 aromatic heterocycles. The summed E-state index contributed by atoms with van der Waals surface area (Å²) in [6, 6.07) is 5.19. The first-order valence-electron chi connectivity index (χ1n) is 4.76. The topological polar surface area (TPSA) is 119 Å². The maximum atomic E-state index is 11.4. The predicted octanol–water partition coefficient (Wildman–Crippen LogP) is 0.573. The van der Waals surface area contributed by atoms with Gasteiger partial charge in [0.1, 0.15) is 0 Å². The fraction of sp³-hybridized carbons (Fsp3) is 0.200. The maximum absolute atomic E-state index is 11.4. The van der Waals surface area contributed by atoms with Crippen molar-refractivity contribution in [2.75, 3.05) is 12.4 Å². The Bertz CT molecular complexity index is 470. The Balaban J connectivity index is 2.76. The van der Waals surface area contributed by atoms with Crippen molar-refractivity contribution in [3.63, 3.8) is 0 Å². The van der Waals surface area contributed by atoms with E-state index in [9.17, 15) is 19.7 Å². The van der Waals surface area contributed by atoms with Gasteiger partial charge in [0.15, 0.2) is 0 Å². The lowest BCUT2D eigenvalue weighted by Gasteiger charge is -2.08. The van der Waals surface area contributed by atoms with Crippen molar-refractivity contribution in [1.82, 2.24) is 0 Å². The summed E-state index contributed by atoms with van der Waals surface area (Å²) in [5.41, 5.74) is 0.291. The molecule has 0 saturated carbocycles. The normalized spacial score (nSPS) is 11.6. The highest BCUT2D eigenvalue weighted by Gasteiger charge is 2.29. The number of amides is 1.